The van der Waals surface area contributed by atoms with E-state index in [1.54, 1.807) is 18.2 Å². The van der Waals surface area contributed by atoms with E-state index in [2.05, 4.69) is 5.32 Å². The number of rotatable bonds is 5. The number of hydrogen-bond acceptors (Lipinski definition) is 3. The molecule has 0 radical (unpaired) electrons. The number of carbonyl (C=O) groups is 1. The third-order valence-electron chi connectivity index (χ3n) is 3.50. The average Bonchev–Trinajstić information content (AvgIpc) is 2.43. The molecule has 106 valence electrons. The van der Waals surface area contributed by atoms with Crippen LogP contribution in [0.2, 0.25) is 0 Å². The fraction of sp³-hybridized carbons (Fsp3) is 0.312. The predicted molar refractivity (Wildman–Crippen MR) is 80.2 cm³/mol. The van der Waals surface area contributed by atoms with Gasteiger partial charge in [0.1, 0.15) is 0 Å². The molecule has 0 amide bonds. The van der Waals surface area contributed by atoms with E-state index in [0.29, 0.717) is 5.39 Å². The van der Waals surface area contributed by atoms with Crippen LogP contribution in [-0.2, 0) is 0 Å². The quantitative estimate of drug-likeness (QED) is 0.783. The summed E-state index contributed by atoms with van der Waals surface area (Å²) in [6, 6.07) is 10.7. The Morgan fingerprint density at radius 1 is 1.15 bits per heavy atom. The summed E-state index contributed by atoms with van der Waals surface area (Å²) in [5.74, 6) is -0.659. The number of fused-ring (bicyclic) bond motifs is 1. The molecule has 0 aliphatic heterocycles. The van der Waals surface area contributed by atoms with E-state index in [4.69, 9.17) is 0 Å². The molecule has 0 bridgehead atoms. The Hall–Kier alpha value is -2.07. The molecule has 20 heavy (non-hydrogen) atoms. The number of aliphatic hydroxyl groups is 1. The largest absolute Gasteiger partial charge is 0.478 e. The van der Waals surface area contributed by atoms with E-state index >= 15 is 0 Å². The van der Waals surface area contributed by atoms with Crippen molar-refractivity contribution in [3.63, 3.8) is 0 Å². The van der Waals surface area contributed by atoms with Crippen LogP contribution in [0.1, 0.15) is 24.2 Å². The summed E-state index contributed by atoms with van der Waals surface area (Å²) < 4.78 is 0. The van der Waals surface area contributed by atoms with Gasteiger partial charge in [-0.25, -0.2) is 4.79 Å². The van der Waals surface area contributed by atoms with E-state index in [1.165, 1.54) is 0 Å². The van der Waals surface area contributed by atoms with Gasteiger partial charge in [-0.2, -0.15) is 0 Å². The topological polar surface area (TPSA) is 69.6 Å². The molecule has 0 aliphatic carbocycles. The highest BCUT2D eigenvalue weighted by atomic mass is 16.4. The average molecular weight is 273 g/mol. The monoisotopic (exact) mass is 273 g/mol. The van der Waals surface area contributed by atoms with Crippen molar-refractivity contribution in [1.82, 2.24) is 0 Å². The molecule has 0 spiro atoms. The summed E-state index contributed by atoms with van der Waals surface area (Å²) in [5, 5.41) is 23.5. The highest BCUT2D eigenvalue weighted by Gasteiger charge is 2.15. The third kappa shape index (κ3) is 2.75. The molecule has 4 heteroatoms. The molecule has 1 atom stereocenters. The van der Waals surface area contributed by atoms with E-state index < -0.39 is 5.97 Å². The SMILES string of the molecule is CC(C)C(CO)Nc1ccc(C(=O)O)c2ccccc12. The number of aliphatic hydroxyl groups excluding tert-OH is 1. The highest BCUT2D eigenvalue weighted by molar-refractivity contribution is 6.07. The summed E-state index contributed by atoms with van der Waals surface area (Å²) in [6.45, 7) is 4.09. The number of aromatic carboxylic acids is 1. The molecule has 2 rings (SSSR count). The Morgan fingerprint density at radius 3 is 2.35 bits per heavy atom. The van der Waals surface area contributed by atoms with Gasteiger partial charge in [-0.05, 0) is 23.4 Å². The number of benzene rings is 2. The van der Waals surface area contributed by atoms with Crippen LogP contribution in [0, 0.1) is 5.92 Å². The number of nitrogens with one attached hydrogen (secondary N) is 1. The molecular weight excluding hydrogens is 254 g/mol. The lowest BCUT2D eigenvalue weighted by Gasteiger charge is -2.22. The molecule has 0 aliphatic rings. The molecule has 0 saturated heterocycles. The number of hydrogen-bond donors (Lipinski definition) is 3. The van der Waals surface area contributed by atoms with Gasteiger partial charge in [0.05, 0.1) is 18.2 Å². The molecule has 0 heterocycles. The molecule has 4 nitrogen and oxygen atoms in total. The van der Waals surface area contributed by atoms with Crippen LogP contribution in [-0.4, -0.2) is 28.8 Å². The van der Waals surface area contributed by atoms with Gasteiger partial charge >= 0.3 is 5.97 Å². The van der Waals surface area contributed by atoms with Crippen molar-refractivity contribution in [2.45, 2.75) is 19.9 Å². The Morgan fingerprint density at radius 2 is 1.80 bits per heavy atom. The van der Waals surface area contributed by atoms with Crippen LogP contribution in [0.15, 0.2) is 36.4 Å². The van der Waals surface area contributed by atoms with Crippen molar-refractivity contribution in [1.29, 1.82) is 0 Å². The van der Waals surface area contributed by atoms with Gasteiger partial charge in [0.25, 0.3) is 0 Å². The number of carboxylic acids is 1. The van der Waals surface area contributed by atoms with Gasteiger partial charge < -0.3 is 15.5 Å². The maximum absolute atomic E-state index is 11.3. The zero-order valence-electron chi connectivity index (χ0n) is 11.6. The minimum Gasteiger partial charge on any atom is -0.478 e. The van der Waals surface area contributed by atoms with Crippen LogP contribution >= 0.6 is 0 Å². The van der Waals surface area contributed by atoms with Crippen molar-refractivity contribution in [3.05, 3.63) is 42.0 Å². The summed E-state index contributed by atoms with van der Waals surface area (Å²) in [7, 11) is 0. The van der Waals surface area contributed by atoms with Crippen molar-refractivity contribution < 1.29 is 15.0 Å². The van der Waals surface area contributed by atoms with E-state index in [1.807, 2.05) is 32.0 Å². The standard InChI is InChI=1S/C16H19NO3/c1-10(2)15(9-18)17-14-8-7-13(16(19)20)11-5-3-4-6-12(11)14/h3-8,10,15,17-18H,9H2,1-2H3,(H,19,20). The molecule has 1 unspecified atom stereocenters. The summed E-state index contributed by atoms with van der Waals surface area (Å²) >= 11 is 0. The summed E-state index contributed by atoms with van der Waals surface area (Å²) in [5.41, 5.74) is 1.13. The Balaban J connectivity index is 2.50. The van der Waals surface area contributed by atoms with Gasteiger partial charge in [-0.3, -0.25) is 0 Å². The maximum Gasteiger partial charge on any atom is 0.336 e. The first kappa shape index (κ1) is 14.3. The van der Waals surface area contributed by atoms with Gasteiger partial charge in [0.15, 0.2) is 0 Å². The molecule has 2 aromatic rings. The molecule has 3 N–H and O–H groups in total. The van der Waals surface area contributed by atoms with E-state index in [0.717, 1.165) is 11.1 Å². The highest BCUT2D eigenvalue weighted by Crippen LogP contribution is 2.28. The molecular formula is C16H19NO3. The zero-order valence-corrected chi connectivity index (χ0v) is 11.6. The van der Waals surface area contributed by atoms with Gasteiger partial charge in [0.2, 0.25) is 0 Å². The minimum atomic E-state index is -0.935. The molecule has 2 aromatic carbocycles. The Kier molecular flexibility index (Phi) is 4.25. The summed E-state index contributed by atoms with van der Waals surface area (Å²) in [6.07, 6.45) is 0. The lowest BCUT2D eigenvalue weighted by atomic mass is 10.0. The summed E-state index contributed by atoms with van der Waals surface area (Å²) in [4.78, 5) is 11.3. The van der Waals surface area contributed by atoms with E-state index in [-0.39, 0.29) is 24.1 Å². The van der Waals surface area contributed by atoms with Gasteiger partial charge in [-0.1, -0.05) is 38.1 Å². The molecule has 0 aromatic heterocycles. The Labute approximate surface area is 118 Å². The second-order valence-electron chi connectivity index (χ2n) is 5.19. The van der Waals surface area contributed by atoms with Crippen molar-refractivity contribution >= 4 is 22.4 Å². The van der Waals surface area contributed by atoms with Gasteiger partial charge in [0, 0.05) is 11.1 Å². The van der Waals surface area contributed by atoms with Crippen molar-refractivity contribution in [2.24, 2.45) is 5.92 Å². The van der Waals surface area contributed by atoms with E-state index in [9.17, 15) is 15.0 Å². The van der Waals surface area contributed by atoms with Gasteiger partial charge in [-0.15, -0.1) is 0 Å². The first-order chi connectivity index (χ1) is 9.54. The van der Waals surface area contributed by atoms with Crippen molar-refractivity contribution in [2.75, 3.05) is 11.9 Å². The van der Waals surface area contributed by atoms with Crippen molar-refractivity contribution in [3.8, 4) is 0 Å². The number of carboxylic acid groups (broad SMARTS) is 1. The fourth-order valence-corrected chi connectivity index (χ4v) is 2.23. The number of anilines is 1. The zero-order chi connectivity index (χ0) is 14.7. The van der Waals surface area contributed by atoms with Crippen LogP contribution < -0.4 is 5.32 Å². The fourth-order valence-electron chi connectivity index (χ4n) is 2.23. The molecule has 0 fully saturated rings. The lowest BCUT2D eigenvalue weighted by molar-refractivity contribution is 0.0699. The normalized spacial score (nSPS) is 12.6. The smallest absolute Gasteiger partial charge is 0.336 e. The third-order valence-corrected chi connectivity index (χ3v) is 3.50. The molecule has 0 saturated carbocycles. The maximum atomic E-state index is 11.3. The van der Waals surface area contributed by atoms with Crippen LogP contribution in [0.25, 0.3) is 10.8 Å². The predicted octanol–water partition coefficient (Wildman–Crippen LogP) is 2.97. The lowest BCUT2D eigenvalue weighted by Crippen LogP contribution is -2.29. The van der Waals surface area contributed by atoms with Crippen LogP contribution in [0.5, 0.6) is 0 Å². The minimum absolute atomic E-state index is 0.0344. The van der Waals surface area contributed by atoms with Crippen LogP contribution in [0.4, 0.5) is 5.69 Å². The first-order valence-corrected chi connectivity index (χ1v) is 6.67. The second-order valence-corrected chi connectivity index (χ2v) is 5.19. The van der Waals surface area contributed by atoms with Crippen LogP contribution in [0.3, 0.4) is 0 Å². The first-order valence-electron chi connectivity index (χ1n) is 6.67. The Bertz CT molecular complexity index is 622. The second kappa shape index (κ2) is 5.92.